The number of hydrogen-bond acceptors (Lipinski definition) is 1. The van der Waals surface area contributed by atoms with Crippen LogP contribution < -0.4 is 0 Å². The maximum atomic E-state index is 6.32. The van der Waals surface area contributed by atoms with Gasteiger partial charge in [-0.1, -0.05) is 60.7 Å². The number of rotatable bonds is 2. The van der Waals surface area contributed by atoms with Crippen LogP contribution in [0.3, 0.4) is 0 Å². The molecule has 0 saturated carbocycles. The molecule has 0 aliphatic rings. The molecular weight excluding hydrogens is 272 g/mol. The van der Waals surface area contributed by atoms with E-state index < -0.39 is 0 Å². The van der Waals surface area contributed by atoms with Crippen LogP contribution in [0.1, 0.15) is 10.4 Å². The molecule has 1 aromatic heterocycles. The van der Waals surface area contributed by atoms with Crippen molar-refractivity contribution in [1.29, 1.82) is 0 Å². The molecule has 1 heterocycles. The van der Waals surface area contributed by atoms with Gasteiger partial charge in [-0.25, -0.2) is 0 Å². The summed E-state index contributed by atoms with van der Waals surface area (Å²) in [7, 11) is 0. The lowest BCUT2D eigenvalue weighted by atomic mass is 10.0. The molecule has 3 rings (SSSR count). The van der Waals surface area contributed by atoms with Gasteiger partial charge in [-0.2, -0.15) is 0 Å². The quantitative estimate of drug-likeness (QED) is 0.527. The molecule has 0 spiro atoms. The molecule has 19 heavy (non-hydrogen) atoms. The maximum Gasteiger partial charge on any atom is 0.0484 e. The van der Waals surface area contributed by atoms with E-state index in [-0.39, 0.29) is 0 Å². The molecule has 0 unspecified atom stereocenters. The van der Waals surface area contributed by atoms with Crippen LogP contribution in [0.2, 0.25) is 5.02 Å². The van der Waals surface area contributed by atoms with Crippen LogP contribution >= 0.6 is 22.9 Å². The highest BCUT2D eigenvalue weighted by Gasteiger charge is 2.12. The second kappa shape index (κ2) is 4.84. The summed E-state index contributed by atoms with van der Waals surface area (Å²) in [6, 6.07) is 14.4. The molecule has 2 aromatic carbocycles. The van der Waals surface area contributed by atoms with Gasteiger partial charge in [0.1, 0.15) is 0 Å². The van der Waals surface area contributed by atoms with Gasteiger partial charge in [0, 0.05) is 25.7 Å². The van der Waals surface area contributed by atoms with Gasteiger partial charge >= 0.3 is 0 Å². The van der Waals surface area contributed by atoms with E-state index in [1.165, 1.54) is 26.1 Å². The fraction of sp³-hybridized carbons (Fsp3) is 0.0588. The standard InChI is InChI=1S/C17H13ClS/c1-3-16-11(2)12-8-6-9-14(17(12)19-16)13-7-4-5-10-15(13)18/h3-10H,1H2,2H3. The Balaban J connectivity index is 2.37. The molecule has 0 amide bonds. The van der Waals surface area contributed by atoms with Gasteiger partial charge in [-0.15, -0.1) is 11.3 Å². The largest absolute Gasteiger partial charge is 0.135 e. The summed E-state index contributed by atoms with van der Waals surface area (Å²) in [5.41, 5.74) is 3.58. The van der Waals surface area contributed by atoms with Crippen molar-refractivity contribution in [3.63, 3.8) is 0 Å². The zero-order valence-electron chi connectivity index (χ0n) is 10.6. The second-order valence-electron chi connectivity index (χ2n) is 4.46. The molecule has 0 nitrogen and oxygen atoms in total. The van der Waals surface area contributed by atoms with E-state index >= 15 is 0 Å². The summed E-state index contributed by atoms with van der Waals surface area (Å²) in [6.45, 7) is 6.04. The van der Waals surface area contributed by atoms with Crippen molar-refractivity contribution in [3.8, 4) is 11.1 Å². The normalized spacial score (nSPS) is 10.8. The smallest absolute Gasteiger partial charge is 0.0484 e. The first kappa shape index (κ1) is 12.5. The van der Waals surface area contributed by atoms with Crippen LogP contribution in [-0.2, 0) is 0 Å². The zero-order valence-corrected chi connectivity index (χ0v) is 12.2. The van der Waals surface area contributed by atoms with Gasteiger partial charge in [-0.3, -0.25) is 0 Å². The molecule has 2 heteroatoms. The Kier molecular flexibility index (Phi) is 3.17. The first-order valence-electron chi connectivity index (χ1n) is 6.12. The minimum Gasteiger partial charge on any atom is -0.135 e. The first-order valence-corrected chi connectivity index (χ1v) is 7.31. The molecule has 94 valence electrons. The Bertz CT molecular complexity index is 768. The number of benzene rings is 2. The number of thiophene rings is 1. The summed E-state index contributed by atoms with van der Waals surface area (Å²) < 4.78 is 1.28. The Morgan fingerprint density at radius 1 is 1.05 bits per heavy atom. The fourth-order valence-corrected chi connectivity index (χ4v) is 3.77. The molecule has 0 N–H and O–H groups in total. The van der Waals surface area contributed by atoms with E-state index in [4.69, 9.17) is 11.6 Å². The summed E-state index contributed by atoms with van der Waals surface area (Å²) >= 11 is 8.10. The molecule has 3 aromatic rings. The second-order valence-corrected chi connectivity index (χ2v) is 5.92. The molecule has 0 aliphatic carbocycles. The van der Waals surface area contributed by atoms with Crippen LogP contribution in [0.4, 0.5) is 0 Å². The van der Waals surface area contributed by atoms with E-state index in [9.17, 15) is 0 Å². The highest BCUT2D eigenvalue weighted by Crippen LogP contribution is 2.40. The SMILES string of the molecule is C=Cc1sc2c(-c3ccccc3Cl)cccc2c1C. The van der Waals surface area contributed by atoms with Crippen LogP contribution in [-0.4, -0.2) is 0 Å². The Morgan fingerprint density at radius 3 is 2.53 bits per heavy atom. The topological polar surface area (TPSA) is 0 Å². The monoisotopic (exact) mass is 284 g/mol. The fourth-order valence-electron chi connectivity index (χ4n) is 2.35. The van der Waals surface area contributed by atoms with Crippen LogP contribution in [0.15, 0.2) is 49.0 Å². The van der Waals surface area contributed by atoms with Crippen molar-refractivity contribution in [2.45, 2.75) is 6.92 Å². The van der Waals surface area contributed by atoms with Crippen LogP contribution in [0.25, 0.3) is 27.3 Å². The molecule has 0 radical (unpaired) electrons. The predicted molar refractivity (Wildman–Crippen MR) is 87.1 cm³/mol. The van der Waals surface area contributed by atoms with Gasteiger partial charge in [0.2, 0.25) is 0 Å². The number of aryl methyl sites for hydroxylation is 1. The molecule has 0 atom stereocenters. The van der Waals surface area contributed by atoms with Crippen molar-refractivity contribution in [2.75, 3.05) is 0 Å². The van der Waals surface area contributed by atoms with Gasteiger partial charge in [0.25, 0.3) is 0 Å². The number of halogens is 1. The van der Waals surface area contributed by atoms with Crippen molar-refractivity contribution < 1.29 is 0 Å². The van der Waals surface area contributed by atoms with E-state index in [1.807, 2.05) is 24.3 Å². The Morgan fingerprint density at radius 2 is 1.79 bits per heavy atom. The maximum absolute atomic E-state index is 6.32. The summed E-state index contributed by atoms with van der Waals surface area (Å²) in [4.78, 5) is 1.23. The lowest BCUT2D eigenvalue weighted by Gasteiger charge is -2.05. The van der Waals surface area contributed by atoms with Crippen LogP contribution in [0, 0.1) is 6.92 Å². The summed E-state index contributed by atoms with van der Waals surface area (Å²) in [6.07, 6.45) is 1.93. The highest BCUT2D eigenvalue weighted by atomic mass is 35.5. The minimum atomic E-state index is 0.793. The van der Waals surface area contributed by atoms with Gasteiger partial charge in [0.15, 0.2) is 0 Å². The third kappa shape index (κ3) is 1.99. The lowest BCUT2D eigenvalue weighted by Crippen LogP contribution is -1.79. The number of fused-ring (bicyclic) bond motifs is 1. The van der Waals surface area contributed by atoms with E-state index in [2.05, 4.69) is 37.8 Å². The average Bonchev–Trinajstić information content (AvgIpc) is 2.76. The molecule has 0 saturated heterocycles. The first-order chi connectivity index (χ1) is 9.22. The van der Waals surface area contributed by atoms with Gasteiger partial charge in [0.05, 0.1) is 0 Å². The van der Waals surface area contributed by atoms with E-state index in [1.54, 1.807) is 11.3 Å². The molecule has 0 bridgehead atoms. The van der Waals surface area contributed by atoms with Gasteiger partial charge in [-0.05, 0) is 23.9 Å². The van der Waals surface area contributed by atoms with E-state index in [0.29, 0.717) is 0 Å². The average molecular weight is 285 g/mol. The predicted octanol–water partition coefficient (Wildman–Crippen LogP) is 6.17. The van der Waals surface area contributed by atoms with Gasteiger partial charge < -0.3 is 0 Å². The third-order valence-electron chi connectivity index (χ3n) is 3.35. The summed E-state index contributed by atoms with van der Waals surface area (Å²) in [5, 5.41) is 2.08. The lowest BCUT2D eigenvalue weighted by molar-refractivity contribution is 1.57. The highest BCUT2D eigenvalue weighted by molar-refractivity contribution is 7.20. The van der Waals surface area contributed by atoms with Crippen molar-refractivity contribution >= 4 is 39.1 Å². The number of hydrogen-bond donors (Lipinski definition) is 0. The minimum absolute atomic E-state index is 0.793. The van der Waals surface area contributed by atoms with Crippen molar-refractivity contribution in [1.82, 2.24) is 0 Å². The molecular formula is C17H13ClS. The Hall–Kier alpha value is -1.57. The van der Waals surface area contributed by atoms with E-state index in [0.717, 1.165) is 10.6 Å². The van der Waals surface area contributed by atoms with Crippen LogP contribution in [0.5, 0.6) is 0 Å². The molecule has 0 aliphatic heterocycles. The summed E-state index contributed by atoms with van der Waals surface area (Å²) in [5.74, 6) is 0. The van der Waals surface area contributed by atoms with Crippen molar-refractivity contribution in [3.05, 3.63) is 64.5 Å². The van der Waals surface area contributed by atoms with Crippen molar-refractivity contribution in [2.24, 2.45) is 0 Å². The third-order valence-corrected chi connectivity index (χ3v) is 5.02. The molecule has 0 fully saturated rings. The zero-order chi connectivity index (χ0) is 13.4. The Labute approximate surface area is 122 Å².